The molecule has 0 radical (unpaired) electrons. The lowest BCUT2D eigenvalue weighted by Crippen LogP contribution is -2.09. The fraction of sp³-hybridized carbons (Fsp3) is 0.0769. The Balaban J connectivity index is 1.70. The monoisotopic (exact) mass is 381 g/mol. The Morgan fingerprint density at radius 2 is 0.828 bits per heavy atom. The van der Waals surface area contributed by atoms with Crippen LogP contribution >= 0.6 is 0 Å². The van der Waals surface area contributed by atoms with Crippen LogP contribution in [0.15, 0.2) is 103 Å². The highest BCUT2D eigenvalue weighted by Gasteiger charge is 2.12. The maximum atomic E-state index is 9.35. The molecule has 0 aliphatic heterocycles. The van der Waals surface area contributed by atoms with Crippen molar-refractivity contribution in [3.63, 3.8) is 0 Å². The van der Waals surface area contributed by atoms with Crippen LogP contribution in [-0.4, -0.2) is 10.2 Å². The van der Waals surface area contributed by atoms with Crippen molar-refractivity contribution < 1.29 is 10.2 Å². The van der Waals surface area contributed by atoms with Crippen molar-refractivity contribution >= 4 is 17.1 Å². The number of aliphatic hydroxyl groups is 2. The summed E-state index contributed by atoms with van der Waals surface area (Å²) in [5, 5.41) is 18.6. The second kappa shape index (κ2) is 8.74. The topological polar surface area (TPSA) is 43.7 Å². The second-order valence-corrected chi connectivity index (χ2v) is 6.90. The van der Waals surface area contributed by atoms with Crippen molar-refractivity contribution in [3.05, 3.63) is 114 Å². The van der Waals surface area contributed by atoms with Gasteiger partial charge < -0.3 is 15.1 Å². The van der Waals surface area contributed by atoms with Crippen molar-refractivity contribution in [1.82, 2.24) is 0 Å². The highest BCUT2D eigenvalue weighted by molar-refractivity contribution is 5.78. The fourth-order valence-electron chi connectivity index (χ4n) is 3.38. The van der Waals surface area contributed by atoms with Gasteiger partial charge >= 0.3 is 0 Å². The first-order valence-corrected chi connectivity index (χ1v) is 9.64. The Kier molecular flexibility index (Phi) is 5.71. The van der Waals surface area contributed by atoms with Gasteiger partial charge in [0.15, 0.2) is 0 Å². The molecular formula is C26H23NO2. The van der Waals surface area contributed by atoms with E-state index < -0.39 is 0 Å². The van der Waals surface area contributed by atoms with Crippen LogP contribution < -0.4 is 4.90 Å². The van der Waals surface area contributed by atoms with Gasteiger partial charge in [-0.15, -0.1) is 0 Å². The van der Waals surface area contributed by atoms with E-state index in [1.165, 1.54) is 0 Å². The predicted molar refractivity (Wildman–Crippen MR) is 118 cm³/mol. The predicted octanol–water partition coefficient (Wildman–Crippen LogP) is 5.81. The van der Waals surface area contributed by atoms with E-state index in [1.807, 2.05) is 66.7 Å². The minimum Gasteiger partial charge on any atom is -0.392 e. The number of benzene rings is 4. The standard InChI is InChI=1S/C26H23NO2/c28-18-20-6-10-22(11-7-20)23-12-16-26(17-13-23)27(24-4-2-1-3-5-24)25-14-8-21(19-29)9-15-25/h1-17,28-29H,18-19H2. The second-order valence-electron chi connectivity index (χ2n) is 6.90. The Labute approximate surface area is 171 Å². The zero-order valence-electron chi connectivity index (χ0n) is 16.1. The number of hydrogen-bond donors (Lipinski definition) is 2. The van der Waals surface area contributed by atoms with E-state index in [4.69, 9.17) is 0 Å². The Bertz CT molecular complexity index is 1040. The van der Waals surface area contributed by atoms with Gasteiger partial charge in [0, 0.05) is 17.1 Å². The lowest BCUT2D eigenvalue weighted by atomic mass is 10.0. The molecule has 4 aromatic rings. The van der Waals surface area contributed by atoms with Gasteiger partial charge in [-0.05, 0) is 58.7 Å². The van der Waals surface area contributed by atoms with E-state index in [9.17, 15) is 10.2 Å². The maximum Gasteiger partial charge on any atom is 0.0681 e. The average Bonchev–Trinajstić information content (AvgIpc) is 2.81. The Hall–Kier alpha value is -3.40. The molecule has 4 aromatic carbocycles. The molecule has 29 heavy (non-hydrogen) atoms. The van der Waals surface area contributed by atoms with Crippen LogP contribution in [0.2, 0.25) is 0 Å². The Morgan fingerprint density at radius 1 is 0.448 bits per heavy atom. The van der Waals surface area contributed by atoms with Gasteiger partial charge in [0.05, 0.1) is 13.2 Å². The molecule has 144 valence electrons. The van der Waals surface area contributed by atoms with Crippen molar-refractivity contribution in [3.8, 4) is 11.1 Å². The minimum atomic E-state index is 0.0371. The van der Waals surface area contributed by atoms with Crippen molar-refractivity contribution in [2.45, 2.75) is 13.2 Å². The lowest BCUT2D eigenvalue weighted by molar-refractivity contribution is 0.281. The molecule has 0 heterocycles. The largest absolute Gasteiger partial charge is 0.392 e. The molecule has 0 bridgehead atoms. The average molecular weight is 381 g/mol. The first-order chi connectivity index (χ1) is 14.3. The third-order valence-electron chi connectivity index (χ3n) is 4.99. The third kappa shape index (κ3) is 4.21. The van der Waals surface area contributed by atoms with Gasteiger partial charge in [-0.3, -0.25) is 0 Å². The van der Waals surface area contributed by atoms with Gasteiger partial charge in [-0.2, -0.15) is 0 Å². The van der Waals surface area contributed by atoms with Gasteiger partial charge in [0.25, 0.3) is 0 Å². The quantitative estimate of drug-likeness (QED) is 0.443. The number of aliphatic hydroxyl groups excluding tert-OH is 2. The molecule has 0 aliphatic carbocycles. The minimum absolute atomic E-state index is 0.0371. The molecule has 0 aliphatic rings. The van der Waals surface area contributed by atoms with E-state index in [0.717, 1.165) is 39.3 Å². The van der Waals surface area contributed by atoms with Crippen LogP contribution in [0.3, 0.4) is 0 Å². The molecule has 0 spiro atoms. The molecule has 2 N–H and O–H groups in total. The third-order valence-corrected chi connectivity index (χ3v) is 4.99. The molecule has 0 amide bonds. The van der Waals surface area contributed by atoms with E-state index in [-0.39, 0.29) is 13.2 Å². The molecule has 0 aromatic heterocycles. The van der Waals surface area contributed by atoms with Gasteiger partial charge in [0.1, 0.15) is 0 Å². The molecule has 3 heteroatoms. The van der Waals surface area contributed by atoms with E-state index >= 15 is 0 Å². The lowest BCUT2D eigenvalue weighted by Gasteiger charge is -2.25. The van der Waals surface area contributed by atoms with Crippen LogP contribution in [0, 0.1) is 0 Å². The first kappa shape index (κ1) is 18.9. The molecule has 0 saturated carbocycles. The summed E-state index contributed by atoms with van der Waals surface area (Å²) in [6.07, 6.45) is 0. The summed E-state index contributed by atoms with van der Waals surface area (Å²) in [5.74, 6) is 0. The molecule has 0 unspecified atom stereocenters. The van der Waals surface area contributed by atoms with Gasteiger partial charge in [-0.1, -0.05) is 66.7 Å². The normalized spacial score (nSPS) is 10.7. The molecule has 4 rings (SSSR count). The van der Waals surface area contributed by atoms with Crippen molar-refractivity contribution in [1.29, 1.82) is 0 Å². The molecule has 0 atom stereocenters. The van der Waals surface area contributed by atoms with E-state index in [1.54, 1.807) is 0 Å². The summed E-state index contributed by atoms with van der Waals surface area (Å²) in [5.41, 5.74) is 7.21. The summed E-state index contributed by atoms with van der Waals surface area (Å²) >= 11 is 0. The van der Waals surface area contributed by atoms with Crippen molar-refractivity contribution in [2.24, 2.45) is 0 Å². The number of anilines is 3. The van der Waals surface area contributed by atoms with Crippen molar-refractivity contribution in [2.75, 3.05) is 4.90 Å². The highest BCUT2D eigenvalue weighted by Crippen LogP contribution is 2.35. The van der Waals surface area contributed by atoms with Gasteiger partial charge in [0.2, 0.25) is 0 Å². The zero-order valence-corrected chi connectivity index (χ0v) is 16.1. The fourth-order valence-corrected chi connectivity index (χ4v) is 3.38. The SMILES string of the molecule is OCc1ccc(-c2ccc(N(c3ccccc3)c3ccc(CO)cc3)cc2)cc1. The number of para-hydroxylation sites is 1. The number of hydrogen-bond acceptors (Lipinski definition) is 3. The summed E-state index contributed by atoms with van der Waals surface area (Å²) in [7, 11) is 0. The zero-order chi connectivity index (χ0) is 20.1. The molecule has 0 fully saturated rings. The van der Waals surface area contributed by atoms with Gasteiger partial charge in [-0.25, -0.2) is 0 Å². The smallest absolute Gasteiger partial charge is 0.0681 e. The van der Waals surface area contributed by atoms with Crippen LogP contribution in [-0.2, 0) is 13.2 Å². The Morgan fingerprint density at radius 3 is 1.31 bits per heavy atom. The van der Waals surface area contributed by atoms with Crippen LogP contribution in [0.1, 0.15) is 11.1 Å². The summed E-state index contributed by atoms with van der Waals surface area (Å²) in [4.78, 5) is 2.19. The molecular weight excluding hydrogens is 358 g/mol. The van der Waals surface area contributed by atoms with Crippen LogP contribution in [0.25, 0.3) is 11.1 Å². The summed E-state index contributed by atoms with van der Waals surface area (Å²) in [6.45, 7) is 0.0930. The first-order valence-electron chi connectivity index (χ1n) is 9.64. The number of rotatable bonds is 6. The summed E-state index contributed by atoms with van der Waals surface area (Å²) < 4.78 is 0. The van der Waals surface area contributed by atoms with E-state index in [0.29, 0.717) is 0 Å². The maximum absolute atomic E-state index is 9.35. The van der Waals surface area contributed by atoms with E-state index in [2.05, 4.69) is 41.3 Å². The molecule has 0 saturated heterocycles. The number of nitrogens with zero attached hydrogens (tertiary/aromatic N) is 1. The highest BCUT2D eigenvalue weighted by atomic mass is 16.3. The van der Waals surface area contributed by atoms with Crippen LogP contribution in [0.5, 0.6) is 0 Å². The molecule has 3 nitrogen and oxygen atoms in total. The summed E-state index contributed by atoms with van der Waals surface area (Å²) in [6, 6.07) is 34.6. The van der Waals surface area contributed by atoms with Crippen LogP contribution in [0.4, 0.5) is 17.1 Å².